The molecule has 1 aromatic heterocycles. The molecule has 0 saturated carbocycles. The summed E-state index contributed by atoms with van der Waals surface area (Å²) in [4.78, 5) is 8.74. The number of nitrogens with zero attached hydrogens (tertiary/aromatic N) is 2. The van der Waals surface area contributed by atoms with Crippen LogP contribution < -0.4 is 0 Å². The van der Waals surface area contributed by atoms with Crippen LogP contribution in [0.5, 0.6) is 5.75 Å². The van der Waals surface area contributed by atoms with E-state index in [-0.39, 0.29) is 18.3 Å². The Morgan fingerprint density at radius 1 is 1.04 bits per heavy atom. The third-order valence-electron chi connectivity index (χ3n) is 4.02. The van der Waals surface area contributed by atoms with Crippen molar-refractivity contribution >= 4 is 6.21 Å². The van der Waals surface area contributed by atoms with Gasteiger partial charge in [-0.3, -0.25) is 9.98 Å². The lowest BCUT2D eigenvalue weighted by atomic mass is 9.79. The van der Waals surface area contributed by atoms with Gasteiger partial charge >= 0.3 is 0 Å². The van der Waals surface area contributed by atoms with E-state index in [1.54, 1.807) is 12.4 Å². The zero-order valence-electron chi connectivity index (χ0n) is 15.6. The lowest BCUT2D eigenvalue weighted by molar-refractivity contribution is 0.444. The third-order valence-corrected chi connectivity index (χ3v) is 4.02. The Balaban J connectivity index is 0.00000312. The minimum Gasteiger partial charge on any atom is -0.507 e. The number of phenols is 1. The molecule has 2 aromatic rings. The minimum atomic E-state index is -0.130. The van der Waals surface area contributed by atoms with Crippen LogP contribution in [0.25, 0.3) is 0 Å². The van der Waals surface area contributed by atoms with Gasteiger partial charge in [-0.2, -0.15) is 0 Å². The highest BCUT2D eigenvalue weighted by Crippen LogP contribution is 2.37. The number of rotatable bonds is 3. The highest BCUT2D eigenvalue weighted by molar-refractivity contribution is 5.85. The molecule has 0 aliphatic heterocycles. The Morgan fingerprint density at radius 3 is 2.24 bits per heavy atom. The molecule has 0 unspecified atom stereocenters. The summed E-state index contributed by atoms with van der Waals surface area (Å²) in [7, 11) is 0. The zero-order valence-corrected chi connectivity index (χ0v) is 15.6. The number of pyridine rings is 1. The smallest absolute Gasteiger partial charge is 0.128 e. The maximum atomic E-state index is 10.7. The summed E-state index contributed by atoms with van der Waals surface area (Å²) in [6.45, 7) is 13.4. The van der Waals surface area contributed by atoms with Crippen molar-refractivity contribution in [3.63, 3.8) is 0 Å². The summed E-state index contributed by atoms with van der Waals surface area (Å²) in [5.74, 6) is 0.320. The maximum Gasteiger partial charge on any atom is 0.128 e. The lowest BCUT2D eigenvalue weighted by Gasteiger charge is -2.26. The van der Waals surface area contributed by atoms with E-state index in [1.807, 2.05) is 24.3 Å². The van der Waals surface area contributed by atoms with Crippen LogP contribution in [0, 0.1) is 0 Å². The summed E-state index contributed by atoms with van der Waals surface area (Å²) in [6.07, 6.45) is 3.52. The summed E-state index contributed by atoms with van der Waals surface area (Å²) >= 11 is 0. The molecule has 136 valence electrons. The van der Waals surface area contributed by atoms with Crippen LogP contribution in [0.2, 0.25) is 0 Å². The van der Waals surface area contributed by atoms with Gasteiger partial charge in [0, 0.05) is 23.5 Å². The monoisotopic (exact) mass is 340 g/mol. The van der Waals surface area contributed by atoms with Crippen molar-refractivity contribution in [3.8, 4) is 5.75 Å². The molecule has 0 aliphatic rings. The molecular formula is C22H32N2O. The molecular weight excluding hydrogens is 308 g/mol. The molecule has 0 fully saturated rings. The fourth-order valence-corrected chi connectivity index (χ4v) is 2.49. The highest BCUT2D eigenvalue weighted by atomic mass is 16.3. The van der Waals surface area contributed by atoms with Crippen LogP contribution in [0.1, 0.15) is 71.4 Å². The standard InChI is InChI=1S/C21H28N2O.CH4/c1-20(2,3)16-11-15(19(24)18(12-16)21(4,5)6)13-22-14-17-9-7-8-10-23-17;/h7-13,24H,14H2,1-6H3;1H4. The number of aliphatic imine (C=N–C) groups is 1. The van der Waals surface area contributed by atoms with Crippen LogP contribution in [0.3, 0.4) is 0 Å². The summed E-state index contributed by atoms with van der Waals surface area (Å²) < 4.78 is 0. The van der Waals surface area contributed by atoms with Gasteiger partial charge in [-0.15, -0.1) is 0 Å². The van der Waals surface area contributed by atoms with Gasteiger partial charge < -0.3 is 5.11 Å². The predicted octanol–water partition coefficient (Wildman–Crippen LogP) is 5.64. The van der Waals surface area contributed by atoms with Crippen LogP contribution in [-0.2, 0) is 17.4 Å². The Hall–Kier alpha value is -2.16. The van der Waals surface area contributed by atoms with Gasteiger partial charge in [0.1, 0.15) is 5.75 Å². The summed E-state index contributed by atoms with van der Waals surface area (Å²) in [5.41, 5.74) is 3.71. The molecule has 0 amide bonds. The number of benzene rings is 1. The molecule has 0 spiro atoms. The van der Waals surface area contributed by atoms with E-state index >= 15 is 0 Å². The van der Waals surface area contributed by atoms with Crippen LogP contribution in [0.4, 0.5) is 0 Å². The zero-order chi connectivity index (χ0) is 18.0. The molecule has 1 aromatic carbocycles. The van der Waals surface area contributed by atoms with Crippen LogP contribution in [-0.4, -0.2) is 16.3 Å². The first-order valence-corrected chi connectivity index (χ1v) is 8.37. The number of aromatic nitrogens is 1. The van der Waals surface area contributed by atoms with Crippen molar-refractivity contribution in [1.82, 2.24) is 4.98 Å². The Labute approximate surface area is 152 Å². The predicted molar refractivity (Wildman–Crippen MR) is 108 cm³/mol. The fraction of sp³-hybridized carbons (Fsp3) is 0.455. The summed E-state index contributed by atoms with van der Waals surface area (Å²) in [6, 6.07) is 9.94. The lowest BCUT2D eigenvalue weighted by Crippen LogP contribution is -2.17. The van der Waals surface area contributed by atoms with E-state index in [2.05, 4.69) is 57.6 Å². The number of hydrogen-bond acceptors (Lipinski definition) is 3. The number of hydrogen-bond donors (Lipinski definition) is 1. The van der Waals surface area contributed by atoms with Gasteiger partial charge in [-0.05, 0) is 34.6 Å². The Kier molecular flexibility index (Phi) is 6.53. The first-order valence-electron chi connectivity index (χ1n) is 8.37. The fourth-order valence-electron chi connectivity index (χ4n) is 2.49. The van der Waals surface area contributed by atoms with E-state index in [9.17, 15) is 5.11 Å². The highest BCUT2D eigenvalue weighted by Gasteiger charge is 2.24. The van der Waals surface area contributed by atoms with Crippen LogP contribution in [0.15, 0.2) is 41.5 Å². The molecule has 1 N–H and O–H groups in total. The second-order valence-electron chi connectivity index (χ2n) is 8.25. The van der Waals surface area contributed by atoms with Gasteiger partial charge in [0.05, 0.1) is 12.2 Å². The van der Waals surface area contributed by atoms with Gasteiger partial charge in [0.2, 0.25) is 0 Å². The molecule has 0 radical (unpaired) electrons. The minimum absolute atomic E-state index is 0. The van der Waals surface area contributed by atoms with Gasteiger partial charge in [-0.1, -0.05) is 61.1 Å². The third kappa shape index (κ3) is 5.42. The Bertz CT molecular complexity index is 720. The first kappa shape index (κ1) is 20.9. The molecule has 3 nitrogen and oxygen atoms in total. The number of phenolic OH excluding ortho intramolecular Hbond substituents is 1. The van der Waals surface area contributed by atoms with Gasteiger partial charge in [0.25, 0.3) is 0 Å². The molecule has 0 aliphatic carbocycles. The van der Waals surface area contributed by atoms with Gasteiger partial charge in [-0.25, -0.2) is 0 Å². The average Bonchev–Trinajstić information content (AvgIpc) is 2.47. The number of aromatic hydroxyl groups is 1. The van der Waals surface area contributed by atoms with E-state index in [4.69, 9.17) is 0 Å². The SMILES string of the molecule is C.CC(C)(C)c1cc(C=NCc2ccccn2)c(O)c(C(C)(C)C)c1. The molecule has 2 rings (SSSR count). The van der Waals surface area contributed by atoms with Crippen molar-refractivity contribution < 1.29 is 5.11 Å². The van der Waals surface area contributed by atoms with Crippen molar-refractivity contribution in [1.29, 1.82) is 0 Å². The van der Waals surface area contributed by atoms with E-state index in [0.717, 1.165) is 16.8 Å². The second-order valence-corrected chi connectivity index (χ2v) is 8.25. The molecule has 1 heterocycles. The van der Waals surface area contributed by atoms with Crippen molar-refractivity contribution in [3.05, 3.63) is 58.9 Å². The molecule has 25 heavy (non-hydrogen) atoms. The van der Waals surface area contributed by atoms with E-state index in [0.29, 0.717) is 12.3 Å². The van der Waals surface area contributed by atoms with Gasteiger partial charge in [0.15, 0.2) is 0 Å². The largest absolute Gasteiger partial charge is 0.507 e. The van der Waals surface area contributed by atoms with Crippen molar-refractivity contribution in [2.24, 2.45) is 4.99 Å². The van der Waals surface area contributed by atoms with Crippen molar-refractivity contribution in [2.75, 3.05) is 0 Å². The second kappa shape index (κ2) is 7.81. The Morgan fingerprint density at radius 2 is 1.72 bits per heavy atom. The normalized spacial score (nSPS) is 12.2. The van der Waals surface area contributed by atoms with E-state index in [1.165, 1.54) is 5.56 Å². The first-order chi connectivity index (χ1) is 11.1. The molecule has 0 bridgehead atoms. The molecule has 0 atom stereocenters. The summed E-state index contributed by atoms with van der Waals surface area (Å²) in [5, 5.41) is 10.7. The average molecular weight is 341 g/mol. The van der Waals surface area contributed by atoms with E-state index < -0.39 is 0 Å². The molecule has 0 saturated heterocycles. The maximum absolute atomic E-state index is 10.7. The topological polar surface area (TPSA) is 45.5 Å². The molecule has 3 heteroatoms. The van der Waals surface area contributed by atoms with Crippen molar-refractivity contribution in [2.45, 2.75) is 66.3 Å². The van der Waals surface area contributed by atoms with Crippen LogP contribution >= 0.6 is 0 Å². The quantitative estimate of drug-likeness (QED) is 0.735.